The van der Waals surface area contributed by atoms with Crippen LogP contribution in [0.4, 0.5) is 0 Å². The second kappa shape index (κ2) is 11.4. The van der Waals surface area contributed by atoms with Crippen LogP contribution in [0.3, 0.4) is 0 Å². The van der Waals surface area contributed by atoms with Crippen LogP contribution in [0.1, 0.15) is 11.1 Å². The maximum Gasteiger partial charge on any atom is 0.145 e. The van der Waals surface area contributed by atoms with Gasteiger partial charge in [0.1, 0.15) is 5.82 Å². The Morgan fingerprint density at radius 2 is 1.04 bits per heavy atom. The van der Waals surface area contributed by atoms with E-state index in [2.05, 4.69) is 187 Å². The number of hydrogen-bond acceptors (Lipinski definition) is 1. The zero-order valence-corrected chi connectivity index (χ0v) is 28.4. The van der Waals surface area contributed by atoms with Crippen LogP contribution in [0.25, 0.3) is 93.8 Å². The SMILES string of the molecule is c1ccc(-n2c(-c3ccc(-c4c5ccccc5c(-c5ccc6ccccc6c5)c5cc6c(cc45)-c4ccccc4C6)cc3)nc3ccccc32)cc1. The van der Waals surface area contributed by atoms with Crippen LogP contribution in [-0.4, -0.2) is 9.55 Å². The summed E-state index contributed by atoms with van der Waals surface area (Å²) in [6.45, 7) is 0. The Kier molecular flexibility index (Phi) is 6.35. The Balaban J connectivity index is 1.17. The Labute approximate surface area is 301 Å². The molecule has 1 heterocycles. The molecule has 1 aliphatic rings. The zero-order chi connectivity index (χ0) is 34.2. The fourth-order valence-corrected chi connectivity index (χ4v) is 8.62. The van der Waals surface area contributed by atoms with Gasteiger partial charge in [0.15, 0.2) is 0 Å². The highest BCUT2D eigenvalue weighted by molar-refractivity contribution is 6.22. The molecule has 2 nitrogen and oxygen atoms in total. The molecule has 0 spiro atoms. The lowest BCUT2D eigenvalue weighted by molar-refractivity contribution is 1.10. The summed E-state index contributed by atoms with van der Waals surface area (Å²) < 4.78 is 2.27. The summed E-state index contributed by atoms with van der Waals surface area (Å²) in [5.41, 5.74) is 14.8. The first-order chi connectivity index (χ1) is 25.8. The summed E-state index contributed by atoms with van der Waals surface area (Å²) in [5.74, 6) is 0.940. The number of fused-ring (bicyclic) bond motifs is 7. The van der Waals surface area contributed by atoms with Gasteiger partial charge >= 0.3 is 0 Å². The molecule has 0 saturated heterocycles. The van der Waals surface area contributed by atoms with Crippen molar-refractivity contribution in [2.45, 2.75) is 6.42 Å². The van der Waals surface area contributed by atoms with Crippen molar-refractivity contribution in [3.05, 3.63) is 193 Å². The summed E-state index contributed by atoms with van der Waals surface area (Å²) in [6.07, 6.45) is 0.956. The minimum atomic E-state index is 0.940. The predicted molar refractivity (Wildman–Crippen MR) is 218 cm³/mol. The van der Waals surface area contributed by atoms with E-state index < -0.39 is 0 Å². The smallest absolute Gasteiger partial charge is 0.145 e. The summed E-state index contributed by atoms with van der Waals surface area (Å²) >= 11 is 0. The average Bonchev–Trinajstić information content (AvgIpc) is 3.78. The van der Waals surface area contributed by atoms with Gasteiger partial charge in [0, 0.05) is 11.3 Å². The Morgan fingerprint density at radius 1 is 0.404 bits per heavy atom. The van der Waals surface area contributed by atoms with E-state index in [1.807, 2.05) is 0 Å². The molecule has 9 aromatic carbocycles. The molecule has 0 saturated carbocycles. The molecule has 2 heteroatoms. The zero-order valence-electron chi connectivity index (χ0n) is 28.4. The molecule has 0 radical (unpaired) electrons. The van der Waals surface area contributed by atoms with E-state index in [0.29, 0.717) is 0 Å². The van der Waals surface area contributed by atoms with E-state index in [9.17, 15) is 0 Å². The van der Waals surface area contributed by atoms with E-state index in [0.717, 1.165) is 34.5 Å². The second-order valence-electron chi connectivity index (χ2n) is 13.9. The molecule has 0 fully saturated rings. The maximum atomic E-state index is 5.15. The van der Waals surface area contributed by atoms with Gasteiger partial charge in [0.25, 0.3) is 0 Å². The van der Waals surface area contributed by atoms with Gasteiger partial charge in [-0.2, -0.15) is 0 Å². The molecule has 1 aromatic heterocycles. The van der Waals surface area contributed by atoms with Gasteiger partial charge in [-0.05, 0) is 126 Å². The largest absolute Gasteiger partial charge is 0.292 e. The second-order valence-corrected chi connectivity index (χ2v) is 13.9. The van der Waals surface area contributed by atoms with E-state index in [4.69, 9.17) is 4.98 Å². The molecule has 0 amide bonds. The molecular formula is C50H32N2. The van der Waals surface area contributed by atoms with Crippen molar-refractivity contribution < 1.29 is 0 Å². The number of nitrogens with zero attached hydrogens (tertiary/aromatic N) is 2. The summed E-state index contributed by atoms with van der Waals surface area (Å²) in [6, 6.07) is 66.5. The molecule has 0 unspecified atom stereocenters. The molecule has 0 bridgehead atoms. The summed E-state index contributed by atoms with van der Waals surface area (Å²) in [5, 5.41) is 7.62. The number of imidazole rings is 1. The quantitative estimate of drug-likeness (QED) is 0.172. The third-order valence-corrected chi connectivity index (χ3v) is 11.0. The Hall–Kier alpha value is -6.77. The Morgan fingerprint density at radius 3 is 1.88 bits per heavy atom. The van der Waals surface area contributed by atoms with Crippen molar-refractivity contribution >= 4 is 43.4 Å². The van der Waals surface area contributed by atoms with E-state index >= 15 is 0 Å². The maximum absolute atomic E-state index is 5.15. The standard InChI is InChI=1S/C50H32N2/c1-2-15-39(16-3-1)52-47-21-11-10-20-46(47)51-50(52)34-25-23-33(24-26-34)48-41-18-8-9-19-42(41)49(37-27-22-32-12-4-5-13-35(32)28-37)44-30-38-29-36-14-6-7-17-40(36)43(38)31-45(44)48/h1-28,30-31H,29H2. The fraction of sp³-hybridized carbons (Fsp3) is 0.0200. The van der Waals surface area contributed by atoms with Crippen LogP contribution in [-0.2, 0) is 6.42 Å². The lowest BCUT2D eigenvalue weighted by Gasteiger charge is -2.20. The summed E-state index contributed by atoms with van der Waals surface area (Å²) in [7, 11) is 0. The van der Waals surface area contributed by atoms with Crippen LogP contribution in [0.5, 0.6) is 0 Å². The highest BCUT2D eigenvalue weighted by atomic mass is 15.1. The van der Waals surface area contributed by atoms with Crippen LogP contribution in [0.2, 0.25) is 0 Å². The minimum absolute atomic E-state index is 0.940. The lowest BCUT2D eigenvalue weighted by atomic mass is 9.84. The van der Waals surface area contributed by atoms with Gasteiger partial charge in [-0.3, -0.25) is 4.57 Å². The van der Waals surface area contributed by atoms with Gasteiger partial charge in [0.2, 0.25) is 0 Å². The predicted octanol–water partition coefficient (Wildman–Crippen LogP) is 13.1. The van der Waals surface area contributed by atoms with Crippen molar-refractivity contribution in [3.63, 3.8) is 0 Å². The van der Waals surface area contributed by atoms with Crippen molar-refractivity contribution in [1.82, 2.24) is 9.55 Å². The molecule has 52 heavy (non-hydrogen) atoms. The number of rotatable bonds is 4. The fourth-order valence-electron chi connectivity index (χ4n) is 8.62. The molecule has 10 aromatic rings. The number of aromatic nitrogens is 2. The van der Waals surface area contributed by atoms with Gasteiger partial charge in [-0.1, -0.05) is 140 Å². The van der Waals surface area contributed by atoms with E-state index in [-0.39, 0.29) is 0 Å². The van der Waals surface area contributed by atoms with E-state index in [1.165, 1.54) is 76.8 Å². The first kappa shape index (κ1) is 29.0. The van der Waals surface area contributed by atoms with Crippen LogP contribution >= 0.6 is 0 Å². The first-order valence-corrected chi connectivity index (χ1v) is 18.0. The van der Waals surface area contributed by atoms with Crippen LogP contribution in [0.15, 0.2) is 182 Å². The van der Waals surface area contributed by atoms with Crippen molar-refractivity contribution in [3.8, 4) is 50.5 Å². The lowest BCUT2D eigenvalue weighted by Crippen LogP contribution is -1.97. The minimum Gasteiger partial charge on any atom is -0.292 e. The monoisotopic (exact) mass is 660 g/mol. The normalized spacial score (nSPS) is 12.2. The van der Waals surface area contributed by atoms with Gasteiger partial charge in [-0.15, -0.1) is 0 Å². The molecular weight excluding hydrogens is 629 g/mol. The van der Waals surface area contributed by atoms with Crippen molar-refractivity contribution in [1.29, 1.82) is 0 Å². The number of benzene rings is 9. The number of hydrogen-bond donors (Lipinski definition) is 0. The third-order valence-electron chi connectivity index (χ3n) is 11.0. The molecule has 0 atom stereocenters. The van der Waals surface area contributed by atoms with Gasteiger partial charge in [-0.25, -0.2) is 4.98 Å². The van der Waals surface area contributed by atoms with Crippen molar-refractivity contribution in [2.75, 3.05) is 0 Å². The highest BCUT2D eigenvalue weighted by Crippen LogP contribution is 2.48. The molecule has 0 aliphatic heterocycles. The highest BCUT2D eigenvalue weighted by Gasteiger charge is 2.24. The van der Waals surface area contributed by atoms with E-state index in [1.54, 1.807) is 0 Å². The first-order valence-electron chi connectivity index (χ1n) is 18.0. The number of para-hydroxylation sites is 3. The van der Waals surface area contributed by atoms with Crippen LogP contribution < -0.4 is 0 Å². The third kappa shape index (κ3) is 4.41. The topological polar surface area (TPSA) is 17.8 Å². The molecule has 11 rings (SSSR count). The van der Waals surface area contributed by atoms with Crippen LogP contribution in [0, 0.1) is 0 Å². The average molecular weight is 661 g/mol. The van der Waals surface area contributed by atoms with Gasteiger partial charge < -0.3 is 0 Å². The molecule has 242 valence electrons. The molecule has 1 aliphatic carbocycles. The molecule has 0 N–H and O–H groups in total. The Bertz CT molecular complexity index is 3020. The summed E-state index contributed by atoms with van der Waals surface area (Å²) in [4.78, 5) is 5.15. The van der Waals surface area contributed by atoms with Crippen molar-refractivity contribution in [2.24, 2.45) is 0 Å². The van der Waals surface area contributed by atoms with Gasteiger partial charge in [0.05, 0.1) is 11.0 Å².